The van der Waals surface area contributed by atoms with E-state index in [2.05, 4.69) is 6.07 Å². The number of rotatable bonds is 4. The maximum atomic E-state index is 11.8. The molecule has 0 aliphatic rings. The van der Waals surface area contributed by atoms with Gasteiger partial charge in [-0.2, -0.15) is 5.26 Å². The zero-order chi connectivity index (χ0) is 16.1. The fourth-order valence-corrected chi connectivity index (χ4v) is 2.01. The summed E-state index contributed by atoms with van der Waals surface area (Å²) in [6.07, 6.45) is 1.71. The van der Waals surface area contributed by atoms with Crippen LogP contribution in [0.5, 0.6) is 0 Å². The quantitative estimate of drug-likeness (QED) is 0.808. The lowest BCUT2D eigenvalue weighted by Gasteiger charge is -2.11. The Kier molecular flexibility index (Phi) is 4.59. The van der Waals surface area contributed by atoms with Crippen LogP contribution in [0.4, 0.5) is 0 Å². The van der Waals surface area contributed by atoms with Gasteiger partial charge in [0.1, 0.15) is 18.4 Å². The van der Waals surface area contributed by atoms with E-state index in [9.17, 15) is 9.59 Å². The maximum Gasteiger partial charge on any atom is 0.337 e. The molecule has 0 atom stereocenters. The molecule has 1 aromatic heterocycles. The molecule has 0 N–H and O–H groups in total. The summed E-state index contributed by atoms with van der Waals surface area (Å²) in [6, 6.07) is 10.4. The van der Waals surface area contributed by atoms with Gasteiger partial charge >= 0.3 is 11.9 Å². The summed E-state index contributed by atoms with van der Waals surface area (Å²) < 4.78 is 11.3. The van der Waals surface area contributed by atoms with Crippen molar-refractivity contribution in [3.05, 3.63) is 53.3 Å². The van der Waals surface area contributed by atoms with Gasteiger partial charge < -0.3 is 14.0 Å². The number of carbonyl (C=O) groups excluding carboxylic acids is 2. The molecule has 0 spiro atoms. The van der Waals surface area contributed by atoms with Gasteiger partial charge in [0.05, 0.1) is 12.7 Å². The second-order valence-electron chi connectivity index (χ2n) is 4.54. The van der Waals surface area contributed by atoms with Crippen LogP contribution in [-0.4, -0.2) is 23.6 Å². The number of nitriles is 1. The van der Waals surface area contributed by atoms with Crippen molar-refractivity contribution in [2.75, 3.05) is 7.11 Å². The van der Waals surface area contributed by atoms with E-state index < -0.39 is 11.9 Å². The van der Waals surface area contributed by atoms with Crippen LogP contribution in [0, 0.1) is 11.3 Å². The molecule has 0 saturated carbocycles. The Bertz CT molecular complexity index is 756. The van der Waals surface area contributed by atoms with Gasteiger partial charge in [0, 0.05) is 18.8 Å². The first kappa shape index (κ1) is 15.3. The van der Waals surface area contributed by atoms with E-state index in [1.165, 1.54) is 14.0 Å². The molecule has 2 rings (SSSR count). The third kappa shape index (κ3) is 3.33. The van der Waals surface area contributed by atoms with E-state index in [-0.39, 0.29) is 6.61 Å². The van der Waals surface area contributed by atoms with Crippen molar-refractivity contribution in [2.45, 2.75) is 13.5 Å². The average molecular weight is 298 g/mol. The number of carbonyl (C=O) groups is 2. The van der Waals surface area contributed by atoms with Crippen molar-refractivity contribution in [1.82, 2.24) is 4.57 Å². The van der Waals surface area contributed by atoms with Crippen LogP contribution in [0.15, 0.2) is 36.5 Å². The molecule has 0 aliphatic heterocycles. The summed E-state index contributed by atoms with van der Waals surface area (Å²) in [5.74, 6) is -0.916. The molecule has 22 heavy (non-hydrogen) atoms. The number of hydrogen-bond donors (Lipinski definition) is 0. The van der Waals surface area contributed by atoms with Crippen LogP contribution in [0.1, 0.15) is 28.5 Å². The summed E-state index contributed by atoms with van der Waals surface area (Å²) in [4.78, 5) is 22.7. The van der Waals surface area contributed by atoms with E-state index in [0.717, 1.165) is 0 Å². The molecule has 0 bridgehead atoms. The number of hydrogen-bond acceptors (Lipinski definition) is 5. The Hall–Kier alpha value is -3.07. The van der Waals surface area contributed by atoms with E-state index in [0.29, 0.717) is 22.5 Å². The number of benzene rings is 1. The van der Waals surface area contributed by atoms with Crippen molar-refractivity contribution in [3.63, 3.8) is 0 Å². The second-order valence-corrected chi connectivity index (χ2v) is 4.54. The zero-order valence-electron chi connectivity index (χ0n) is 12.2. The van der Waals surface area contributed by atoms with Crippen LogP contribution >= 0.6 is 0 Å². The number of aromatic nitrogens is 1. The minimum absolute atomic E-state index is 0.0380. The summed E-state index contributed by atoms with van der Waals surface area (Å²) in [5.41, 5.74) is 2.00. The molecule has 2 aromatic rings. The van der Waals surface area contributed by atoms with Gasteiger partial charge in [-0.05, 0) is 35.9 Å². The smallest absolute Gasteiger partial charge is 0.337 e. The molecular weight excluding hydrogens is 284 g/mol. The standard InChI is InChI=1S/C16H14N2O4/c1-11(19)22-10-12-6-13(16(20)21-2)8-15(7-12)18-5-3-4-14(18)9-17/h3-8H,10H2,1-2H3. The summed E-state index contributed by atoms with van der Waals surface area (Å²) >= 11 is 0. The summed E-state index contributed by atoms with van der Waals surface area (Å²) in [6.45, 7) is 1.35. The predicted molar refractivity (Wildman–Crippen MR) is 77.3 cm³/mol. The van der Waals surface area contributed by atoms with Gasteiger partial charge in [-0.1, -0.05) is 0 Å². The minimum atomic E-state index is -0.503. The van der Waals surface area contributed by atoms with Crippen molar-refractivity contribution in [1.29, 1.82) is 5.26 Å². The van der Waals surface area contributed by atoms with Gasteiger partial charge in [0.2, 0.25) is 0 Å². The molecular formula is C16H14N2O4. The molecule has 0 aliphatic carbocycles. The van der Waals surface area contributed by atoms with Crippen LogP contribution in [0.25, 0.3) is 5.69 Å². The van der Waals surface area contributed by atoms with Gasteiger partial charge in [0.15, 0.2) is 0 Å². The fraction of sp³-hybridized carbons (Fsp3) is 0.188. The summed E-state index contributed by atoms with van der Waals surface area (Å²) in [7, 11) is 1.29. The molecule has 1 aromatic carbocycles. The Morgan fingerprint density at radius 2 is 2.09 bits per heavy atom. The minimum Gasteiger partial charge on any atom is -0.465 e. The van der Waals surface area contributed by atoms with Gasteiger partial charge in [-0.15, -0.1) is 0 Å². The molecule has 1 heterocycles. The largest absolute Gasteiger partial charge is 0.465 e. The third-order valence-electron chi connectivity index (χ3n) is 2.98. The van der Waals surface area contributed by atoms with Crippen LogP contribution in [0.2, 0.25) is 0 Å². The van der Waals surface area contributed by atoms with E-state index >= 15 is 0 Å². The number of esters is 2. The topological polar surface area (TPSA) is 81.3 Å². The number of ether oxygens (including phenoxy) is 2. The van der Waals surface area contributed by atoms with Crippen LogP contribution < -0.4 is 0 Å². The third-order valence-corrected chi connectivity index (χ3v) is 2.98. The van der Waals surface area contributed by atoms with Crippen molar-refractivity contribution in [3.8, 4) is 11.8 Å². The Morgan fingerprint density at radius 3 is 2.73 bits per heavy atom. The van der Waals surface area contributed by atoms with Gasteiger partial charge in [-0.25, -0.2) is 4.79 Å². The van der Waals surface area contributed by atoms with Crippen molar-refractivity contribution in [2.24, 2.45) is 0 Å². The average Bonchev–Trinajstić information content (AvgIpc) is 3.00. The van der Waals surface area contributed by atoms with E-state index in [1.54, 1.807) is 41.1 Å². The van der Waals surface area contributed by atoms with E-state index in [1.807, 2.05) is 0 Å². The maximum absolute atomic E-state index is 11.8. The molecule has 0 unspecified atom stereocenters. The highest BCUT2D eigenvalue weighted by Gasteiger charge is 2.12. The summed E-state index contributed by atoms with van der Waals surface area (Å²) in [5, 5.41) is 9.11. The molecule has 0 radical (unpaired) electrons. The monoisotopic (exact) mass is 298 g/mol. The SMILES string of the molecule is COC(=O)c1cc(COC(C)=O)cc(-n2cccc2C#N)c1. The lowest BCUT2D eigenvalue weighted by molar-refractivity contribution is -0.142. The molecule has 112 valence electrons. The molecule has 6 heteroatoms. The number of methoxy groups -OCH3 is 1. The molecule has 0 saturated heterocycles. The first-order valence-electron chi connectivity index (χ1n) is 6.48. The highest BCUT2D eigenvalue weighted by Crippen LogP contribution is 2.18. The van der Waals surface area contributed by atoms with Crippen LogP contribution in [0.3, 0.4) is 0 Å². The first-order valence-corrected chi connectivity index (χ1v) is 6.48. The lowest BCUT2D eigenvalue weighted by atomic mass is 10.1. The normalized spacial score (nSPS) is 9.86. The Morgan fingerprint density at radius 1 is 1.32 bits per heavy atom. The Labute approximate surface area is 127 Å². The fourth-order valence-electron chi connectivity index (χ4n) is 2.01. The van der Waals surface area contributed by atoms with Crippen molar-refractivity contribution >= 4 is 11.9 Å². The predicted octanol–water partition coefficient (Wildman–Crippen LogP) is 2.20. The van der Waals surface area contributed by atoms with Gasteiger partial charge in [-0.3, -0.25) is 4.79 Å². The van der Waals surface area contributed by atoms with Gasteiger partial charge in [0.25, 0.3) is 0 Å². The van der Waals surface area contributed by atoms with Crippen molar-refractivity contribution < 1.29 is 19.1 Å². The molecule has 0 amide bonds. The highest BCUT2D eigenvalue weighted by molar-refractivity contribution is 5.90. The molecule has 0 fully saturated rings. The highest BCUT2D eigenvalue weighted by atomic mass is 16.5. The first-order chi connectivity index (χ1) is 10.5. The number of nitrogens with zero attached hydrogens (tertiary/aromatic N) is 2. The lowest BCUT2D eigenvalue weighted by Crippen LogP contribution is -2.07. The Balaban J connectivity index is 2.49. The van der Waals surface area contributed by atoms with E-state index in [4.69, 9.17) is 14.7 Å². The van der Waals surface area contributed by atoms with Crippen LogP contribution in [-0.2, 0) is 20.9 Å². The second kappa shape index (κ2) is 6.59. The zero-order valence-corrected chi connectivity index (χ0v) is 12.2. The molecule has 6 nitrogen and oxygen atoms in total.